The molecule has 39 heavy (non-hydrogen) atoms. The molecule has 3 rings (SSSR count). The molecule has 0 saturated heterocycles. The molecule has 0 fully saturated rings. The van der Waals surface area contributed by atoms with Crippen LogP contribution in [0.25, 0.3) is 0 Å². The highest BCUT2D eigenvalue weighted by molar-refractivity contribution is 6.06. The maximum Gasteiger partial charge on any atom is 0.263 e. The molecule has 0 aliphatic heterocycles. The summed E-state index contributed by atoms with van der Waals surface area (Å²) in [6, 6.07) is 24.2. The van der Waals surface area contributed by atoms with E-state index in [0.717, 1.165) is 12.6 Å². The van der Waals surface area contributed by atoms with E-state index >= 15 is 0 Å². The molecule has 3 aromatic carbocycles. The number of benzene rings is 3. The van der Waals surface area contributed by atoms with Crippen molar-refractivity contribution in [3.8, 4) is 0 Å². The Morgan fingerprint density at radius 1 is 0.718 bits per heavy atom. The second-order valence-corrected chi connectivity index (χ2v) is 9.00. The Hall–Kier alpha value is -4.54. The van der Waals surface area contributed by atoms with Gasteiger partial charge in [-0.2, -0.15) is 5.06 Å². The van der Waals surface area contributed by atoms with Gasteiger partial charge in [-0.3, -0.25) is 29.6 Å². The fraction of sp³-hybridized carbons (Fsp3) is 0.241. The van der Waals surface area contributed by atoms with Crippen LogP contribution in [0, 0.1) is 11.8 Å². The predicted molar refractivity (Wildman–Crippen MR) is 143 cm³/mol. The van der Waals surface area contributed by atoms with E-state index in [4.69, 9.17) is 0 Å². The topological polar surface area (TPSA) is 139 Å². The van der Waals surface area contributed by atoms with Crippen LogP contribution in [0.1, 0.15) is 16.7 Å². The molecule has 204 valence electrons. The van der Waals surface area contributed by atoms with Gasteiger partial charge < -0.3 is 10.6 Å². The van der Waals surface area contributed by atoms with E-state index in [1.54, 1.807) is 54.6 Å². The molecular weight excluding hydrogens is 500 g/mol. The van der Waals surface area contributed by atoms with E-state index in [0.29, 0.717) is 21.3 Å². The van der Waals surface area contributed by atoms with Crippen molar-refractivity contribution in [1.29, 1.82) is 0 Å². The number of hydrogen-bond donors (Lipinski definition) is 4. The molecule has 4 N–H and O–H groups in total. The van der Waals surface area contributed by atoms with Crippen LogP contribution in [0.4, 0.5) is 5.69 Å². The van der Waals surface area contributed by atoms with Crippen LogP contribution in [0.3, 0.4) is 0 Å². The van der Waals surface area contributed by atoms with Crippen LogP contribution in [0.2, 0.25) is 0 Å². The van der Waals surface area contributed by atoms with Gasteiger partial charge in [0, 0.05) is 20.6 Å². The van der Waals surface area contributed by atoms with E-state index < -0.39 is 35.5 Å². The van der Waals surface area contributed by atoms with Crippen molar-refractivity contribution < 1.29 is 29.6 Å². The zero-order valence-electron chi connectivity index (χ0n) is 21.8. The summed E-state index contributed by atoms with van der Waals surface area (Å²) in [6.07, 6.45) is -0.0537. The number of nitrogens with zero attached hydrogens (tertiary/aromatic N) is 2. The van der Waals surface area contributed by atoms with Crippen molar-refractivity contribution in [3.05, 3.63) is 102 Å². The lowest BCUT2D eigenvalue weighted by Gasteiger charge is -2.22. The largest absolute Gasteiger partial charge is 0.358 e. The minimum atomic E-state index is -1.27. The standard InChI is InChI=1S/C29H32N4O6/c1-30-26(34)24(28(36)32(2)38)17-21-12-9-13-22(16-21)18-25(27(35)31-19-20-10-5-3-6-11-20)29(37)33(39)23-14-7-4-8-15-23/h3-16,24-25,38-39H,17-19H2,1-2H3,(H,30,34)(H,31,35). The van der Waals surface area contributed by atoms with Gasteiger partial charge in [-0.15, -0.1) is 0 Å². The highest BCUT2D eigenvalue weighted by Crippen LogP contribution is 2.20. The molecule has 10 nitrogen and oxygen atoms in total. The lowest BCUT2D eigenvalue weighted by atomic mass is 9.92. The summed E-state index contributed by atoms with van der Waals surface area (Å²) in [5, 5.41) is 26.3. The van der Waals surface area contributed by atoms with Gasteiger partial charge in [0.05, 0.1) is 5.69 Å². The minimum absolute atomic E-state index is 0.00773. The van der Waals surface area contributed by atoms with Gasteiger partial charge in [-0.05, 0) is 41.7 Å². The van der Waals surface area contributed by atoms with Crippen LogP contribution >= 0.6 is 0 Å². The van der Waals surface area contributed by atoms with Crippen LogP contribution in [0.5, 0.6) is 0 Å². The van der Waals surface area contributed by atoms with Gasteiger partial charge >= 0.3 is 0 Å². The minimum Gasteiger partial charge on any atom is -0.358 e. The first-order valence-corrected chi connectivity index (χ1v) is 12.4. The molecule has 2 atom stereocenters. The zero-order valence-corrected chi connectivity index (χ0v) is 21.8. The average Bonchev–Trinajstić information content (AvgIpc) is 2.97. The van der Waals surface area contributed by atoms with E-state index in [9.17, 15) is 29.6 Å². The average molecular weight is 533 g/mol. The second-order valence-electron chi connectivity index (χ2n) is 9.00. The molecule has 0 heterocycles. The molecule has 2 unspecified atom stereocenters. The first-order valence-electron chi connectivity index (χ1n) is 12.4. The van der Waals surface area contributed by atoms with Gasteiger partial charge in [0.25, 0.3) is 11.8 Å². The van der Waals surface area contributed by atoms with Crippen LogP contribution in [-0.4, -0.2) is 53.2 Å². The Morgan fingerprint density at radius 2 is 1.23 bits per heavy atom. The number of nitrogens with one attached hydrogen (secondary N) is 2. The van der Waals surface area contributed by atoms with E-state index in [2.05, 4.69) is 10.6 Å². The lowest BCUT2D eigenvalue weighted by Crippen LogP contribution is -2.43. The smallest absolute Gasteiger partial charge is 0.263 e. The van der Waals surface area contributed by atoms with Gasteiger partial charge in [0.2, 0.25) is 11.8 Å². The SMILES string of the molecule is CNC(=O)C(Cc1cccc(CC(C(=O)NCc2ccccc2)C(=O)N(O)c2ccccc2)c1)C(=O)N(C)O. The van der Waals surface area contributed by atoms with E-state index in [1.165, 1.54) is 7.05 Å². The van der Waals surface area contributed by atoms with Gasteiger partial charge in [-0.1, -0.05) is 72.8 Å². The second kappa shape index (κ2) is 13.8. The predicted octanol–water partition coefficient (Wildman–Crippen LogP) is 2.34. The summed E-state index contributed by atoms with van der Waals surface area (Å²) in [5.74, 6) is -5.14. The Labute approximate surface area is 226 Å². The highest BCUT2D eigenvalue weighted by Gasteiger charge is 2.32. The normalized spacial score (nSPS) is 12.1. The number of carbonyl (C=O) groups excluding carboxylic acids is 4. The zero-order chi connectivity index (χ0) is 28.4. The molecule has 4 amide bonds. The maximum absolute atomic E-state index is 13.3. The summed E-state index contributed by atoms with van der Waals surface area (Å²) in [6.45, 7) is 0.199. The van der Waals surface area contributed by atoms with Crippen LogP contribution in [0.15, 0.2) is 84.9 Å². The molecular formula is C29H32N4O6. The summed E-state index contributed by atoms with van der Waals surface area (Å²) < 4.78 is 0. The maximum atomic E-state index is 13.3. The molecule has 0 saturated carbocycles. The Kier molecular flexibility index (Phi) is 10.3. The molecule has 0 aromatic heterocycles. The van der Waals surface area contributed by atoms with Crippen molar-refractivity contribution in [3.63, 3.8) is 0 Å². The Balaban J connectivity index is 1.85. The number of para-hydroxylation sites is 1. The first kappa shape index (κ1) is 29.0. The molecule has 0 radical (unpaired) electrons. The third-order valence-electron chi connectivity index (χ3n) is 6.18. The van der Waals surface area contributed by atoms with Gasteiger partial charge in [-0.25, -0.2) is 5.06 Å². The van der Waals surface area contributed by atoms with Gasteiger partial charge in [0.15, 0.2) is 0 Å². The Morgan fingerprint density at radius 3 is 1.77 bits per heavy atom. The highest BCUT2D eigenvalue weighted by atomic mass is 16.5. The number of carbonyl (C=O) groups is 4. The first-order chi connectivity index (χ1) is 18.7. The molecule has 0 aliphatic rings. The fourth-order valence-electron chi connectivity index (χ4n) is 4.09. The molecule has 10 heteroatoms. The number of hydroxylamine groups is 3. The number of amides is 4. The van der Waals surface area contributed by atoms with Crippen LogP contribution in [-0.2, 0) is 38.6 Å². The van der Waals surface area contributed by atoms with Gasteiger partial charge in [0.1, 0.15) is 11.8 Å². The third kappa shape index (κ3) is 7.97. The summed E-state index contributed by atoms with van der Waals surface area (Å²) in [7, 11) is 2.54. The number of hydrogen-bond acceptors (Lipinski definition) is 6. The Bertz CT molecular complexity index is 1280. The fourth-order valence-corrected chi connectivity index (χ4v) is 4.09. The summed E-state index contributed by atoms with van der Waals surface area (Å²) in [5.41, 5.74) is 2.25. The number of rotatable bonds is 11. The van der Waals surface area contributed by atoms with Crippen molar-refractivity contribution in [2.24, 2.45) is 11.8 Å². The molecule has 3 aromatic rings. The lowest BCUT2D eigenvalue weighted by molar-refractivity contribution is -0.166. The van der Waals surface area contributed by atoms with E-state index in [-0.39, 0.29) is 25.1 Å². The summed E-state index contributed by atoms with van der Waals surface area (Å²) in [4.78, 5) is 51.3. The van der Waals surface area contributed by atoms with Crippen molar-refractivity contribution in [2.45, 2.75) is 19.4 Å². The molecule has 0 bridgehead atoms. The van der Waals surface area contributed by atoms with Crippen molar-refractivity contribution >= 4 is 29.3 Å². The molecule has 0 spiro atoms. The summed E-state index contributed by atoms with van der Waals surface area (Å²) >= 11 is 0. The monoisotopic (exact) mass is 532 g/mol. The van der Waals surface area contributed by atoms with Crippen molar-refractivity contribution in [2.75, 3.05) is 19.2 Å². The third-order valence-corrected chi connectivity index (χ3v) is 6.18. The van der Waals surface area contributed by atoms with E-state index in [1.807, 2.05) is 30.3 Å². The number of anilines is 1. The van der Waals surface area contributed by atoms with Crippen LogP contribution < -0.4 is 15.7 Å². The quantitative estimate of drug-likeness (QED) is 0.170. The molecule has 0 aliphatic carbocycles. The van der Waals surface area contributed by atoms with Crippen molar-refractivity contribution in [1.82, 2.24) is 15.7 Å².